The maximum atomic E-state index is 12.9. The van der Waals surface area contributed by atoms with E-state index in [1.807, 2.05) is 0 Å². The van der Waals surface area contributed by atoms with E-state index >= 15 is 0 Å². The molecule has 0 saturated carbocycles. The molecule has 1 aliphatic rings. The summed E-state index contributed by atoms with van der Waals surface area (Å²) >= 11 is 11.9. The van der Waals surface area contributed by atoms with Crippen molar-refractivity contribution in [3.05, 3.63) is 75.5 Å². The van der Waals surface area contributed by atoms with Crippen LogP contribution in [-0.2, 0) is 25.5 Å². The summed E-state index contributed by atoms with van der Waals surface area (Å²) in [6.07, 6.45) is -0.0171. The molecule has 140 valence electrons. The smallest absolute Gasteiger partial charge is 0.375 e. The maximum Gasteiger partial charge on any atom is 0.375 e. The molecular weight excluding hydrogens is 391 g/mol. The van der Waals surface area contributed by atoms with Crippen LogP contribution in [0.3, 0.4) is 0 Å². The Kier molecular flexibility index (Phi) is 5.44. The number of rotatable bonds is 5. The molecule has 1 atom stereocenters. The van der Waals surface area contributed by atoms with E-state index in [1.54, 1.807) is 55.5 Å². The Balaban J connectivity index is 2.15. The molecule has 1 unspecified atom stereocenters. The summed E-state index contributed by atoms with van der Waals surface area (Å²) in [5.41, 5.74) is -0.637. The zero-order valence-electron chi connectivity index (χ0n) is 14.4. The molecule has 3 rings (SSSR count). The maximum absolute atomic E-state index is 12.9. The van der Waals surface area contributed by atoms with Crippen LogP contribution in [0.5, 0.6) is 0 Å². The second kappa shape index (κ2) is 7.62. The highest BCUT2D eigenvalue weighted by atomic mass is 35.5. The van der Waals surface area contributed by atoms with Gasteiger partial charge in [0.1, 0.15) is 0 Å². The molecule has 1 heterocycles. The first-order valence-corrected chi connectivity index (χ1v) is 8.97. The molecule has 0 aliphatic carbocycles. The van der Waals surface area contributed by atoms with Gasteiger partial charge in [0.15, 0.2) is 0 Å². The monoisotopic (exact) mass is 406 g/mol. The minimum absolute atomic E-state index is 0.0171. The Labute approximate surface area is 166 Å². The number of cyclic esters (lactones) is 1. The predicted octanol–water partition coefficient (Wildman–Crippen LogP) is 4.36. The van der Waals surface area contributed by atoms with Gasteiger partial charge in [-0.3, -0.25) is 0 Å². The van der Waals surface area contributed by atoms with Crippen molar-refractivity contribution in [3.8, 4) is 0 Å². The number of halogens is 2. The summed E-state index contributed by atoms with van der Waals surface area (Å²) in [6, 6.07) is 13.2. The summed E-state index contributed by atoms with van der Waals surface area (Å²) in [5.74, 6) is -2.37. The number of aliphatic hydroxyl groups is 1. The molecule has 1 aliphatic heterocycles. The van der Waals surface area contributed by atoms with Crippen molar-refractivity contribution < 1.29 is 24.2 Å². The van der Waals surface area contributed by atoms with Gasteiger partial charge in [-0.25, -0.2) is 9.59 Å². The molecule has 0 radical (unpaired) electrons. The average Bonchev–Trinajstić information content (AvgIpc) is 2.89. The fraction of sp³-hybridized carbons (Fsp3) is 0.200. The number of esters is 2. The molecule has 0 saturated heterocycles. The van der Waals surface area contributed by atoms with Crippen LogP contribution in [0.25, 0.3) is 5.57 Å². The van der Waals surface area contributed by atoms with Crippen LogP contribution >= 0.6 is 23.2 Å². The van der Waals surface area contributed by atoms with Gasteiger partial charge in [-0.15, -0.1) is 0 Å². The van der Waals surface area contributed by atoms with Crippen LogP contribution in [-0.4, -0.2) is 29.3 Å². The van der Waals surface area contributed by atoms with Gasteiger partial charge in [0.05, 0.1) is 12.2 Å². The van der Waals surface area contributed by atoms with Crippen molar-refractivity contribution in [2.75, 3.05) is 6.61 Å². The predicted molar refractivity (Wildman–Crippen MR) is 102 cm³/mol. The first-order chi connectivity index (χ1) is 12.9. The van der Waals surface area contributed by atoms with E-state index < -0.39 is 23.3 Å². The van der Waals surface area contributed by atoms with Crippen molar-refractivity contribution in [3.63, 3.8) is 0 Å². The highest BCUT2D eigenvalue weighted by Gasteiger charge is 2.55. The van der Waals surface area contributed by atoms with Crippen LogP contribution in [0.15, 0.2) is 54.3 Å². The van der Waals surface area contributed by atoms with Gasteiger partial charge in [-0.05, 0) is 42.3 Å². The molecular formula is C20H16Cl2O5. The molecule has 0 aromatic heterocycles. The minimum atomic E-state index is -1.81. The van der Waals surface area contributed by atoms with E-state index in [9.17, 15) is 14.7 Å². The molecule has 5 nitrogen and oxygen atoms in total. The zero-order valence-corrected chi connectivity index (χ0v) is 15.9. The normalized spacial score (nSPS) is 19.1. The van der Waals surface area contributed by atoms with Crippen LogP contribution in [0.2, 0.25) is 10.0 Å². The van der Waals surface area contributed by atoms with Gasteiger partial charge < -0.3 is 14.6 Å². The molecule has 7 heteroatoms. The van der Waals surface area contributed by atoms with Crippen molar-refractivity contribution in [2.24, 2.45) is 0 Å². The Hall–Kier alpha value is -2.50. The highest BCUT2D eigenvalue weighted by Crippen LogP contribution is 2.42. The Bertz CT molecular complexity index is 903. The van der Waals surface area contributed by atoms with Crippen LogP contribution < -0.4 is 0 Å². The summed E-state index contributed by atoms with van der Waals surface area (Å²) in [5, 5.41) is 11.4. The Morgan fingerprint density at radius 1 is 1.07 bits per heavy atom. The van der Waals surface area contributed by atoms with E-state index in [1.165, 1.54) is 0 Å². The lowest BCUT2D eigenvalue weighted by Crippen LogP contribution is -2.44. The van der Waals surface area contributed by atoms with Crippen LogP contribution in [0.4, 0.5) is 0 Å². The summed E-state index contributed by atoms with van der Waals surface area (Å²) in [7, 11) is 0. The fourth-order valence-corrected chi connectivity index (χ4v) is 3.27. The van der Waals surface area contributed by atoms with Gasteiger partial charge in [0.2, 0.25) is 11.4 Å². The number of aliphatic hydroxyl groups excluding tert-OH is 1. The lowest BCUT2D eigenvalue weighted by atomic mass is 9.83. The molecule has 1 N–H and O–H groups in total. The van der Waals surface area contributed by atoms with Gasteiger partial charge in [-0.2, -0.15) is 0 Å². The quantitative estimate of drug-likeness (QED) is 0.746. The molecule has 2 aromatic rings. The second-order valence-electron chi connectivity index (χ2n) is 5.97. The van der Waals surface area contributed by atoms with Crippen LogP contribution in [0, 0.1) is 0 Å². The summed E-state index contributed by atoms with van der Waals surface area (Å²) < 4.78 is 10.6. The average molecular weight is 407 g/mol. The third kappa shape index (κ3) is 3.66. The van der Waals surface area contributed by atoms with E-state index in [0.717, 1.165) is 0 Å². The standard InChI is InChI=1S/C20H16Cl2O5/c1-2-26-19(25)20(11-12-3-7-14(21)8-4-12)16(17(23)18(24)27-20)13-5-9-15(22)10-6-13/h3-10,23H,2,11H2,1H3. The number of carbonyl (C=O) groups is 2. The number of hydrogen-bond donors (Lipinski definition) is 1. The summed E-state index contributed by atoms with van der Waals surface area (Å²) in [4.78, 5) is 25.1. The van der Waals surface area contributed by atoms with Crippen molar-refractivity contribution in [1.29, 1.82) is 0 Å². The zero-order chi connectivity index (χ0) is 19.6. The molecule has 0 fully saturated rings. The first kappa shape index (κ1) is 19.3. The highest BCUT2D eigenvalue weighted by molar-refractivity contribution is 6.30. The molecule has 27 heavy (non-hydrogen) atoms. The first-order valence-electron chi connectivity index (χ1n) is 8.22. The Morgan fingerprint density at radius 2 is 1.63 bits per heavy atom. The van der Waals surface area contributed by atoms with Gasteiger partial charge >= 0.3 is 11.9 Å². The molecule has 0 bridgehead atoms. The lowest BCUT2D eigenvalue weighted by molar-refractivity contribution is -0.171. The van der Waals surface area contributed by atoms with E-state index in [4.69, 9.17) is 32.7 Å². The van der Waals surface area contributed by atoms with E-state index in [-0.39, 0.29) is 18.6 Å². The van der Waals surface area contributed by atoms with Gasteiger partial charge in [0.25, 0.3) is 0 Å². The summed E-state index contributed by atoms with van der Waals surface area (Å²) in [6.45, 7) is 1.74. The van der Waals surface area contributed by atoms with Crippen molar-refractivity contribution in [2.45, 2.75) is 18.9 Å². The van der Waals surface area contributed by atoms with Crippen LogP contribution in [0.1, 0.15) is 18.1 Å². The molecule has 0 amide bonds. The van der Waals surface area contributed by atoms with Gasteiger partial charge in [-0.1, -0.05) is 47.5 Å². The number of hydrogen-bond acceptors (Lipinski definition) is 5. The Morgan fingerprint density at radius 3 is 2.19 bits per heavy atom. The number of carbonyl (C=O) groups excluding carboxylic acids is 2. The van der Waals surface area contributed by atoms with E-state index in [0.29, 0.717) is 21.2 Å². The van der Waals surface area contributed by atoms with E-state index in [2.05, 4.69) is 0 Å². The van der Waals surface area contributed by atoms with Crippen molar-refractivity contribution in [1.82, 2.24) is 0 Å². The van der Waals surface area contributed by atoms with Gasteiger partial charge in [0, 0.05) is 16.5 Å². The number of ether oxygens (including phenoxy) is 2. The molecule has 0 spiro atoms. The largest absolute Gasteiger partial charge is 0.502 e. The SMILES string of the molecule is CCOC(=O)C1(Cc2ccc(Cl)cc2)OC(=O)C(O)=C1c1ccc(Cl)cc1. The minimum Gasteiger partial charge on any atom is -0.502 e. The fourth-order valence-electron chi connectivity index (χ4n) is 3.02. The third-order valence-corrected chi connectivity index (χ3v) is 4.71. The number of benzene rings is 2. The third-order valence-electron chi connectivity index (χ3n) is 4.21. The molecule has 2 aromatic carbocycles. The van der Waals surface area contributed by atoms with Crippen molar-refractivity contribution >= 4 is 40.7 Å². The second-order valence-corrected chi connectivity index (χ2v) is 6.84. The lowest BCUT2D eigenvalue weighted by Gasteiger charge is -2.28. The topological polar surface area (TPSA) is 72.8 Å².